The summed E-state index contributed by atoms with van der Waals surface area (Å²) >= 11 is 3.34. The monoisotopic (exact) mass is 333 g/mol. The lowest BCUT2D eigenvalue weighted by Gasteiger charge is -2.15. The minimum absolute atomic E-state index is 0.0636. The Morgan fingerprint density at radius 3 is 2.45 bits per heavy atom. The molecule has 0 aromatic heterocycles. The lowest BCUT2D eigenvalue weighted by atomic mass is 10.2. The van der Waals surface area contributed by atoms with Crippen molar-refractivity contribution in [3.63, 3.8) is 0 Å². The van der Waals surface area contributed by atoms with Crippen molar-refractivity contribution in [3.05, 3.63) is 64.6 Å². The third-order valence-electron chi connectivity index (χ3n) is 2.73. The molecular formula is C16H16BrNO2. The molecule has 0 bridgehead atoms. The van der Waals surface area contributed by atoms with Gasteiger partial charge in [-0.15, -0.1) is 0 Å². The first-order chi connectivity index (χ1) is 9.65. The highest BCUT2D eigenvalue weighted by Crippen LogP contribution is 2.11. The van der Waals surface area contributed by atoms with Crippen LogP contribution in [0.5, 0.6) is 5.75 Å². The lowest BCUT2D eigenvalue weighted by molar-refractivity contribution is 0.0926. The molecule has 2 aromatic carbocycles. The van der Waals surface area contributed by atoms with Gasteiger partial charge in [-0.05, 0) is 43.3 Å². The van der Waals surface area contributed by atoms with Crippen LogP contribution in [-0.4, -0.2) is 18.6 Å². The van der Waals surface area contributed by atoms with Crippen molar-refractivity contribution in [3.8, 4) is 5.75 Å². The van der Waals surface area contributed by atoms with Crippen LogP contribution < -0.4 is 10.1 Å². The normalized spacial score (nSPS) is 11.7. The van der Waals surface area contributed by atoms with E-state index in [0.717, 1.165) is 10.2 Å². The Kier molecular flexibility index (Phi) is 5.18. The number of nitrogens with one attached hydrogen (secondary N) is 1. The average molecular weight is 334 g/mol. The molecule has 0 heterocycles. The summed E-state index contributed by atoms with van der Waals surface area (Å²) in [4.78, 5) is 12.0. The second-order valence-electron chi connectivity index (χ2n) is 4.51. The van der Waals surface area contributed by atoms with Gasteiger partial charge < -0.3 is 10.1 Å². The molecule has 0 spiro atoms. The number of benzene rings is 2. The summed E-state index contributed by atoms with van der Waals surface area (Å²) in [5.74, 6) is 0.707. The lowest BCUT2D eigenvalue weighted by Crippen LogP contribution is -2.36. The summed E-state index contributed by atoms with van der Waals surface area (Å²) in [5, 5.41) is 2.91. The van der Waals surface area contributed by atoms with Gasteiger partial charge in [0.1, 0.15) is 12.4 Å². The Morgan fingerprint density at radius 1 is 1.15 bits per heavy atom. The molecule has 104 valence electrons. The van der Waals surface area contributed by atoms with Gasteiger partial charge in [0.05, 0.1) is 6.04 Å². The zero-order valence-corrected chi connectivity index (χ0v) is 12.8. The minimum atomic E-state index is -0.0957. The molecule has 4 heteroatoms. The van der Waals surface area contributed by atoms with Crippen molar-refractivity contribution in [2.45, 2.75) is 13.0 Å². The number of halogens is 1. The maximum atomic E-state index is 12.0. The van der Waals surface area contributed by atoms with E-state index in [4.69, 9.17) is 4.74 Å². The molecule has 3 nitrogen and oxygen atoms in total. The molecule has 1 N–H and O–H groups in total. The van der Waals surface area contributed by atoms with Gasteiger partial charge in [-0.2, -0.15) is 0 Å². The maximum absolute atomic E-state index is 12.0. The van der Waals surface area contributed by atoms with Gasteiger partial charge in [0.25, 0.3) is 5.91 Å². The summed E-state index contributed by atoms with van der Waals surface area (Å²) in [6.07, 6.45) is 0. The number of carbonyl (C=O) groups is 1. The largest absolute Gasteiger partial charge is 0.491 e. The molecule has 0 aliphatic rings. The highest BCUT2D eigenvalue weighted by atomic mass is 79.9. The zero-order valence-electron chi connectivity index (χ0n) is 11.2. The van der Waals surface area contributed by atoms with Gasteiger partial charge >= 0.3 is 0 Å². The zero-order chi connectivity index (χ0) is 14.4. The van der Waals surface area contributed by atoms with Crippen molar-refractivity contribution in [1.82, 2.24) is 5.32 Å². The SMILES string of the molecule is CC(COc1ccccc1)NC(=O)c1ccc(Br)cc1. The second kappa shape index (κ2) is 7.10. The molecule has 0 fully saturated rings. The first kappa shape index (κ1) is 14.6. The fourth-order valence-corrected chi connectivity index (χ4v) is 1.95. The highest BCUT2D eigenvalue weighted by molar-refractivity contribution is 9.10. The Labute approximate surface area is 127 Å². The molecule has 1 amide bonds. The third-order valence-corrected chi connectivity index (χ3v) is 3.26. The number of rotatable bonds is 5. The van der Waals surface area contributed by atoms with Crippen molar-refractivity contribution < 1.29 is 9.53 Å². The molecule has 2 aromatic rings. The maximum Gasteiger partial charge on any atom is 0.251 e. The van der Waals surface area contributed by atoms with E-state index in [1.807, 2.05) is 49.4 Å². The number of ether oxygens (including phenoxy) is 1. The van der Waals surface area contributed by atoms with Crippen molar-refractivity contribution >= 4 is 21.8 Å². The van der Waals surface area contributed by atoms with Crippen LogP contribution in [0.1, 0.15) is 17.3 Å². The van der Waals surface area contributed by atoms with Gasteiger partial charge in [-0.3, -0.25) is 4.79 Å². The van der Waals surface area contributed by atoms with Crippen molar-refractivity contribution in [1.29, 1.82) is 0 Å². The van der Waals surface area contributed by atoms with E-state index in [0.29, 0.717) is 12.2 Å². The van der Waals surface area contributed by atoms with E-state index < -0.39 is 0 Å². The summed E-state index contributed by atoms with van der Waals surface area (Å²) in [6.45, 7) is 2.35. The summed E-state index contributed by atoms with van der Waals surface area (Å²) in [6, 6.07) is 16.7. The van der Waals surface area contributed by atoms with E-state index in [9.17, 15) is 4.79 Å². The molecule has 2 rings (SSSR count). The number of hydrogen-bond acceptors (Lipinski definition) is 2. The first-order valence-electron chi connectivity index (χ1n) is 6.39. The van der Waals surface area contributed by atoms with Crippen LogP contribution >= 0.6 is 15.9 Å². The van der Waals surface area contributed by atoms with E-state index >= 15 is 0 Å². The van der Waals surface area contributed by atoms with Crippen molar-refractivity contribution in [2.75, 3.05) is 6.61 Å². The van der Waals surface area contributed by atoms with Gasteiger partial charge in [-0.25, -0.2) is 0 Å². The molecule has 20 heavy (non-hydrogen) atoms. The number of para-hydroxylation sites is 1. The summed E-state index contributed by atoms with van der Waals surface area (Å²) < 4.78 is 6.55. The Bertz CT molecular complexity index is 554. The molecular weight excluding hydrogens is 318 g/mol. The molecule has 0 saturated carbocycles. The first-order valence-corrected chi connectivity index (χ1v) is 7.19. The average Bonchev–Trinajstić information content (AvgIpc) is 2.47. The van der Waals surface area contributed by atoms with E-state index in [1.54, 1.807) is 12.1 Å². The predicted molar refractivity (Wildman–Crippen MR) is 83.0 cm³/mol. The summed E-state index contributed by atoms with van der Waals surface area (Å²) in [7, 11) is 0. The fourth-order valence-electron chi connectivity index (χ4n) is 1.69. The molecule has 0 radical (unpaired) electrons. The van der Waals surface area contributed by atoms with Crippen LogP contribution in [0.25, 0.3) is 0 Å². The molecule has 0 saturated heterocycles. The van der Waals surface area contributed by atoms with E-state index in [1.165, 1.54) is 0 Å². The highest BCUT2D eigenvalue weighted by Gasteiger charge is 2.10. The smallest absolute Gasteiger partial charge is 0.251 e. The van der Waals surface area contributed by atoms with Gasteiger partial charge in [0.15, 0.2) is 0 Å². The molecule has 1 atom stereocenters. The molecule has 1 unspecified atom stereocenters. The minimum Gasteiger partial charge on any atom is -0.491 e. The van der Waals surface area contributed by atoms with E-state index in [2.05, 4.69) is 21.2 Å². The second-order valence-corrected chi connectivity index (χ2v) is 5.42. The Hall–Kier alpha value is -1.81. The van der Waals surface area contributed by atoms with Gasteiger partial charge in [0.2, 0.25) is 0 Å². The Balaban J connectivity index is 1.83. The quantitative estimate of drug-likeness (QED) is 0.906. The molecule has 0 aliphatic heterocycles. The third kappa shape index (κ3) is 4.38. The van der Waals surface area contributed by atoms with Crippen LogP contribution in [-0.2, 0) is 0 Å². The van der Waals surface area contributed by atoms with Gasteiger partial charge in [-0.1, -0.05) is 34.1 Å². The van der Waals surface area contributed by atoms with Crippen LogP contribution in [0.15, 0.2) is 59.1 Å². The van der Waals surface area contributed by atoms with Crippen LogP contribution in [0, 0.1) is 0 Å². The van der Waals surface area contributed by atoms with Crippen LogP contribution in [0.3, 0.4) is 0 Å². The predicted octanol–water partition coefficient (Wildman–Crippen LogP) is 3.65. The topological polar surface area (TPSA) is 38.3 Å². The fraction of sp³-hybridized carbons (Fsp3) is 0.188. The van der Waals surface area contributed by atoms with Crippen LogP contribution in [0.2, 0.25) is 0 Å². The summed E-state index contributed by atoms with van der Waals surface area (Å²) in [5.41, 5.74) is 0.639. The van der Waals surface area contributed by atoms with Gasteiger partial charge in [0, 0.05) is 10.0 Å². The van der Waals surface area contributed by atoms with E-state index in [-0.39, 0.29) is 11.9 Å². The van der Waals surface area contributed by atoms with Crippen LogP contribution in [0.4, 0.5) is 0 Å². The standard InChI is InChI=1S/C16H16BrNO2/c1-12(11-20-15-5-3-2-4-6-15)18-16(19)13-7-9-14(17)10-8-13/h2-10,12H,11H2,1H3,(H,18,19). The molecule has 0 aliphatic carbocycles. The van der Waals surface area contributed by atoms with Crippen molar-refractivity contribution in [2.24, 2.45) is 0 Å². The Morgan fingerprint density at radius 2 is 1.80 bits per heavy atom. The number of carbonyl (C=O) groups excluding carboxylic acids is 1. The number of amides is 1. The number of hydrogen-bond donors (Lipinski definition) is 1.